The molecule has 1 aliphatic heterocycles. The summed E-state index contributed by atoms with van der Waals surface area (Å²) in [5.41, 5.74) is 7.12. The van der Waals surface area contributed by atoms with E-state index in [1.807, 2.05) is 25.1 Å². The van der Waals surface area contributed by atoms with E-state index in [1.54, 1.807) is 6.07 Å². The first-order chi connectivity index (χ1) is 8.59. The number of amides is 1. The zero-order valence-electron chi connectivity index (χ0n) is 11.0. The van der Waals surface area contributed by atoms with E-state index < -0.39 is 0 Å². The van der Waals surface area contributed by atoms with Gasteiger partial charge in [-0.15, -0.1) is 0 Å². The van der Waals surface area contributed by atoms with Crippen LogP contribution in [0.2, 0.25) is 0 Å². The number of nitrogen functional groups attached to an aromatic ring is 1. The first kappa shape index (κ1) is 12.9. The molecular weight excluding hydrogens is 226 g/mol. The second kappa shape index (κ2) is 5.40. The van der Waals surface area contributed by atoms with Gasteiger partial charge in [-0.3, -0.25) is 9.69 Å². The van der Waals surface area contributed by atoms with E-state index in [0.717, 1.165) is 6.54 Å². The van der Waals surface area contributed by atoms with Gasteiger partial charge in [0.1, 0.15) is 0 Å². The van der Waals surface area contributed by atoms with Gasteiger partial charge in [0.15, 0.2) is 0 Å². The van der Waals surface area contributed by atoms with Crippen molar-refractivity contribution in [2.45, 2.75) is 38.8 Å². The predicted molar refractivity (Wildman–Crippen MR) is 74.3 cm³/mol. The molecule has 4 heteroatoms. The molecule has 98 valence electrons. The summed E-state index contributed by atoms with van der Waals surface area (Å²) >= 11 is 0. The maximum atomic E-state index is 12.2. The molecule has 18 heavy (non-hydrogen) atoms. The number of nitrogens with one attached hydrogen (secondary N) is 1. The van der Waals surface area contributed by atoms with E-state index >= 15 is 0 Å². The number of rotatable bonds is 3. The Morgan fingerprint density at radius 2 is 2.22 bits per heavy atom. The van der Waals surface area contributed by atoms with E-state index in [4.69, 9.17) is 5.73 Å². The van der Waals surface area contributed by atoms with E-state index in [1.165, 1.54) is 12.8 Å². The summed E-state index contributed by atoms with van der Waals surface area (Å²) in [7, 11) is 0. The van der Waals surface area contributed by atoms with Gasteiger partial charge >= 0.3 is 0 Å². The summed E-state index contributed by atoms with van der Waals surface area (Å²) in [5.74, 6) is 0.0154. The Morgan fingerprint density at radius 3 is 2.83 bits per heavy atom. The van der Waals surface area contributed by atoms with E-state index in [9.17, 15) is 4.79 Å². The molecule has 2 unspecified atom stereocenters. The molecule has 0 aromatic heterocycles. The summed E-state index contributed by atoms with van der Waals surface area (Å²) in [6, 6.07) is 7.72. The lowest BCUT2D eigenvalue weighted by atomic mass is 10.2. The molecule has 2 rings (SSSR count). The number of likely N-dealkylation sites (tertiary alicyclic amines) is 1. The highest BCUT2D eigenvalue weighted by Gasteiger charge is 2.29. The van der Waals surface area contributed by atoms with Gasteiger partial charge in [0.05, 0.1) is 17.4 Å². The van der Waals surface area contributed by atoms with Crippen molar-refractivity contribution in [3.8, 4) is 0 Å². The van der Waals surface area contributed by atoms with Crippen LogP contribution in [0.4, 0.5) is 11.4 Å². The number of hydrogen-bond acceptors (Lipinski definition) is 3. The van der Waals surface area contributed by atoms with Crippen LogP contribution in [-0.4, -0.2) is 29.4 Å². The number of anilines is 2. The minimum absolute atomic E-state index is 0.0154. The van der Waals surface area contributed by atoms with Gasteiger partial charge in [-0.2, -0.15) is 0 Å². The summed E-state index contributed by atoms with van der Waals surface area (Å²) in [5, 5.41) is 2.90. The van der Waals surface area contributed by atoms with Gasteiger partial charge < -0.3 is 11.1 Å². The van der Waals surface area contributed by atoms with Crippen molar-refractivity contribution in [1.29, 1.82) is 0 Å². The molecule has 1 fully saturated rings. The fourth-order valence-electron chi connectivity index (χ4n) is 2.53. The maximum Gasteiger partial charge on any atom is 0.241 e. The molecule has 1 saturated heterocycles. The van der Waals surface area contributed by atoms with Crippen molar-refractivity contribution >= 4 is 17.3 Å². The second-order valence-corrected chi connectivity index (χ2v) is 4.98. The van der Waals surface area contributed by atoms with Crippen LogP contribution in [0.25, 0.3) is 0 Å². The van der Waals surface area contributed by atoms with Crippen molar-refractivity contribution < 1.29 is 4.79 Å². The van der Waals surface area contributed by atoms with Gasteiger partial charge in [-0.1, -0.05) is 12.1 Å². The molecule has 1 aliphatic rings. The number of benzene rings is 1. The van der Waals surface area contributed by atoms with Crippen molar-refractivity contribution in [2.24, 2.45) is 0 Å². The van der Waals surface area contributed by atoms with Gasteiger partial charge in [-0.25, -0.2) is 0 Å². The molecule has 0 saturated carbocycles. The van der Waals surface area contributed by atoms with Crippen molar-refractivity contribution in [1.82, 2.24) is 4.90 Å². The van der Waals surface area contributed by atoms with Crippen molar-refractivity contribution in [3.63, 3.8) is 0 Å². The fraction of sp³-hybridized carbons (Fsp3) is 0.500. The van der Waals surface area contributed by atoms with Crippen LogP contribution in [0, 0.1) is 0 Å². The zero-order chi connectivity index (χ0) is 13.1. The summed E-state index contributed by atoms with van der Waals surface area (Å²) in [6.07, 6.45) is 2.34. The Balaban J connectivity index is 2.02. The first-order valence-corrected chi connectivity index (χ1v) is 6.50. The van der Waals surface area contributed by atoms with Gasteiger partial charge in [0.25, 0.3) is 0 Å². The largest absolute Gasteiger partial charge is 0.397 e. The van der Waals surface area contributed by atoms with Gasteiger partial charge in [-0.05, 0) is 45.4 Å². The average molecular weight is 247 g/mol. The average Bonchev–Trinajstić information content (AvgIpc) is 2.77. The second-order valence-electron chi connectivity index (χ2n) is 4.98. The Morgan fingerprint density at radius 1 is 1.50 bits per heavy atom. The molecule has 0 aliphatic carbocycles. The highest BCUT2D eigenvalue weighted by molar-refractivity contribution is 5.97. The third-order valence-corrected chi connectivity index (χ3v) is 3.70. The Hall–Kier alpha value is -1.55. The van der Waals surface area contributed by atoms with Gasteiger partial charge in [0, 0.05) is 6.04 Å². The van der Waals surface area contributed by atoms with Crippen LogP contribution in [0.5, 0.6) is 0 Å². The van der Waals surface area contributed by atoms with Crippen LogP contribution < -0.4 is 11.1 Å². The number of para-hydroxylation sites is 2. The monoisotopic (exact) mass is 247 g/mol. The van der Waals surface area contributed by atoms with Crippen molar-refractivity contribution in [2.75, 3.05) is 17.6 Å². The highest BCUT2D eigenvalue weighted by Crippen LogP contribution is 2.21. The first-order valence-electron chi connectivity index (χ1n) is 6.50. The summed E-state index contributed by atoms with van der Waals surface area (Å²) in [6.45, 7) is 5.13. The molecular formula is C14H21N3O. The number of carbonyl (C=O) groups excluding carboxylic acids is 1. The Bertz CT molecular complexity index is 433. The maximum absolute atomic E-state index is 12.2. The molecule has 0 bridgehead atoms. The molecule has 0 spiro atoms. The summed E-state index contributed by atoms with van der Waals surface area (Å²) in [4.78, 5) is 14.4. The number of nitrogens with zero attached hydrogens (tertiary/aromatic N) is 1. The smallest absolute Gasteiger partial charge is 0.241 e. The lowest BCUT2D eigenvalue weighted by molar-refractivity contribution is -0.121. The van der Waals surface area contributed by atoms with E-state index in [-0.39, 0.29) is 11.9 Å². The SMILES string of the molecule is CC1CCCN1C(C)C(=O)Nc1ccccc1N. The molecule has 3 N–H and O–H groups in total. The predicted octanol–water partition coefficient (Wildman–Crippen LogP) is 2.08. The standard InChI is InChI=1S/C14H21N3O/c1-10-6-5-9-17(10)11(2)14(18)16-13-8-4-3-7-12(13)15/h3-4,7-8,10-11H,5-6,9,15H2,1-2H3,(H,16,18). The van der Waals surface area contributed by atoms with Crippen molar-refractivity contribution in [3.05, 3.63) is 24.3 Å². The van der Waals surface area contributed by atoms with Crippen LogP contribution >= 0.6 is 0 Å². The quantitative estimate of drug-likeness (QED) is 0.804. The third kappa shape index (κ3) is 2.64. The van der Waals surface area contributed by atoms with Crippen LogP contribution in [0.3, 0.4) is 0 Å². The Kier molecular flexibility index (Phi) is 3.87. The minimum atomic E-state index is -0.109. The molecule has 1 heterocycles. The molecule has 1 aromatic rings. The van der Waals surface area contributed by atoms with Gasteiger partial charge in [0.2, 0.25) is 5.91 Å². The minimum Gasteiger partial charge on any atom is -0.397 e. The highest BCUT2D eigenvalue weighted by atomic mass is 16.2. The normalized spacial score (nSPS) is 21.8. The molecule has 0 radical (unpaired) electrons. The zero-order valence-corrected chi connectivity index (χ0v) is 11.0. The number of hydrogen-bond donors (Lipinski definition) is 2. The fourth-order valence-corrected chi connectivity index (χ4v) is 2.53. The van der Waals surface area contributed by atoms with Crippen LogP contribution in [0.1, 0.15) is 26.7 Å². The third-order valence-electron chi connectivity index (χ3n) is 3.70. The topological polar surface area (TPSA) is 58.4 Å². The number of carbonyl (C=O) groups is 1. The lowest BCUT2D eigenvalue weighted by Gasteiger charge is -2.27. The Labute approximate surface area is 108 Å². The van der Waals surface area contributed by atoms with Crippen LogP contribution in [-0.2, 0) is 4.79 Å². The van der Waals surface area contributed by atoms with E-state index in [2.05, 4.69) is 17.1 Å². The molecule has 1 amide bonds. The number of nitrogens with two attached hydrogens (primary N) is 1. The van der Waals surface area contributed by atoms with E-state index in [0.29, 0.717) is 17.4 Å². The molecule has 4 nitrogen and oxygen atoms in total. The molecule has 2 atom stereocenters. The van der Waals surface area contributed by atoms with Crippen LogP contribution in [0.15, 0.2) is 24.3 Å². The lowest BCUT2D eigenvalue weighted by Crippen LogP contribution is -2.43. The molecule has 1 aromatic carbocycles. The summed E-state index contributed by atoms with van der Waals surface area (Å²) < 4.78 is 0.